The minimum absolute atomic E-state index is 0.00466. The predicted molar refractivity (Wildman–Crippen MR) is 125 cm³/mol. The molecule has 0 aliphatic rings. The fourth-order valence-corrected chi connectivity index (χ4v) is 4.12. The maximum Gasteiger partial charge on any atom is 0.453 e. The number of quaternary nitrogens is 1. The van der Waals surface area contributed by atoms with E-state index in [2.05, 4.69) is 0 Å². The summed E-state index contributed by atoms with van der Waals surface area (Å²) in [6.07, 6.45) is -5.00. The lowest BCUT2D eigenvalue weighted by Crippen LogP contribution is -3.11. The molecule has 0 atom stereocenters. The topological polar surface area (TPSA) is 64.1 Å². The predicted octanol–water partition coefficient (Wildman–Crippen LogP) is 5.66. The standard InChI is InChI=1S/C25H27ClF3NO4/c1-14(2)11-30(12-15(3)4)13-19-20(31)10-9-18-21(32)23(24(25(27,28)29)34-22(18)19)33-17-7-5-16(26)6-8-17/h5-10,14-15,31H,11-13H2,1-4H3/p+1. The zero-order valence-electron chi connectivity index (χ0n) is 19.4. The number of benzene rings is 2. The normalized spacial score (nSPS) is 12.3. The van der Waals surface area contributed by atoms with E-state index < -0.39 is 23.1 Å². The van der Waals surface area contributed by atoms with Crippen LogP contribution in [0.25, 0.3) is 11.0 Å². The number of hydrogen-bond acceptors (Lipinski definition) is 4. The molecule has 0 amide bonds. The molecule has 9 heteroatoms. The van der Waals surface area contributed by atoms with E-state index in [4.69, 9.17) is 20.8 Å². The summed E-state index contributed by atoms with van der Waals surface area (Å²) in [5, 5.41) is 10.8. The van der Waals surface area contributed by atoms with Gasteiger partial charge in [0.25, 0.3) is 5.76 Å². The van der Waals surface area contributed by atoms with Crippen LogP contribution in [0, 0.1) is 11.8 Å². The third-order valence-electron chi connectivity index (χ3n) is 5.21. The van der Waals surface area contributed by atoms with Crippen LogP contribution in [0.15, 0.2) is 45.6 Å². The Labute approximate surface area is 200 Å². The molecule has 34 heavy (non-hydrogen) atoms. The minimum atomic E-state index is -5.00. The summed E-state index contributed by atoms with van der Waals surface area (Å²) in [4.78, 5) is 14.2. The molecule has 0 saturated carbocycles. The van der Waals surface area contributed by atoms with Crippen LogP contribution in [0.5, 0.6) is 17.2 Å². The highest BCUT2D eigenvalue weighted by atomic mass is 35.5. The lowest BCUT2D eigenvalue weighted by Gasteiger charge is -2.24. The Hall–Kier alpha value is -2.71. The van der Waals surface area contributed by atoms with E-state index in [0.717, 1.165) is 18.0 Å². The summed E-state index contributed by atoms with van der Waals surface area (Å²) in [5.74, 6) is -2.09. The first-order valence-electron chi connectivity index (χ1n) is 11.0. The maximum atomic E-state index is 14.0. The second kappa shape index (κ2) is 10.3. The van der Waals surface area contributed by atoms with Crippen molar-refractivity contribution in [3.63, 3.8) is 0 Å². The molecule has 0 fully saturated rings. The molecule has 1 heterocycles. The average molecular weight is 499 g/mol. The van der Waals surface area contributed by atoms with Gasteiger partial charge in [-0.3, -0.25) is 4.79 Å². The van der Waals surface area contributed by atoms with Crippen molar-refractivity contribution in [1.82, 2.24) is 0 Å². The van der Waals surface area contributed by atoms with Crippen molar-refractivity contribution < 1.29 is 32.3 Å². The average Bonchev–Trinajstić information content (AvgIpc) is 2.71. The number of halogens is 4. The summed E-state index contributed by atoms with van der Waals surface area (Å²) in [6.45, 7) is 9.87. The molecule has 0 saturated heterocycles. The van der Waals surface area contributed by atoms with Gasteiger partial charge in [-0.05, 0) is 36.4 Å². The second-order valence-corrected chi connectivity index (χ2v) is 9.64. The molecule has 0 unspecified atom stereocenters. The Morgan fingerprint density at radius 1 is 1.03 bits per heavy atom. The van der Waals surface area contributed by atoms with E-state index in [9.17, 15) is 23.1 Å². The smallest absolute Gasteiger partial charge is 0.453 e. The fraction of sp³-hybridized carbons (Fsp3) is 0.400. The Morgan fingerprint density at radius 3 is 2.15 bits per heavy atom. The summed E-state index contributed by atoms with van der Waals surface area (Å²) in [6, 6.07) is 8.13. The number of phenolic OH excluding ortho intramolecular Hbond substituents is 1. The van der Waals surface area contributed by atoms with Crippen molar-refractivity contribution in [3.8, 4) is 17.2 Å². The fourth-order valence-electron chi connectivity index (χ4n) is 3.99. The molecular formula is C25H28ClF3NO4+. The van der Waals surface area contributed by atoms with Crippen molar-refractivity contribution in [2.75, 3.05) is 13.1 Å². The number of phenols is 1. The molecule has 184 valence electrons. The molecular weight excluding hydrogens is 471 g/mol. The first-order valence-corrected chi connectivity index (χ1v) is 11.4. The molecule has 2 aromatic carbocycles. The van der Waals surface area contributed by atoms with Crippen molar-refractivity contribution in [1.29, 1.82) is 0 Å². The van der Waals surface area contributed by atoms with E-state index in [0.29, 0.717) is 16.9 Å². The molecule has 2 N–H and O–H groups in total. The van der Waals surface area contributed by atoms with Gasteiger partial charge in [0.05, 0.1) is 24.0 Å². The van der Waals surface area contributed by atoms with Crippen LogP contribution < -0.4 is 15.1 Å². The summed E-state index contributed by atoms with van der Waals surface area (Å²) < 4.78 is 52.5. The van der Waals surface area contributed by atoms with Gasteiger partial charge in [-0.15, -0.1) is 0 Å². The number of hydrogen-bond donors (Lipinski definition) is 2. The summed E-state index contributed by atoms with van der Waals surface area (Å²) >= 11 is 5.82. The van der Waals surface area contributed by atoms with Crippen molar-refractivity contribution in [2.45, 2.75) is 40.4 Å². The first kappa shape index (κ1) is 25.9. The van der Waals surface area contributed by atoms with E-state index in [-0.39, 0.29) is 34.6 Å². The van der Waals surface area contributed by atoms with Crippen molar-refractivity contribution >= 4 is 22.6 Å². The molecule has 0 bridgehead atoms. The van der Waals surface area contributed by atoms with Crippen LogP contribution >= 0.6 is 11.6 Å². The largest absolute Gasteiger partial charge is 0.507 e. The van der Waals surface area contributed by atoms with Crippen LogP contribution in [0.4, 0.5) is 13.2 Å². The zero-order chi connectivity index (χ0) is 25.2. The Bertz CT molecular complexity index is 1190. The Kier molecular flexibility index (Phi) is 7.83. The molecule has 3 aromatic rings. The van der Waals surface area contributed by atoms with Gasteiger partial charge in [0.2, 0.25) is 11.2 Å². The lowest BCUT2D eigenvalue weighted by molar-refractivity contribution is -0.919. The molecule has 0 spiro atoms. The monoisotopic (exact) mass is 498 g/mol. The summed E-state index contributed by atoms with van der Waals surface area (Å²) in [5.41, 5.74) is -1.10. The Morgan fingerprint density at radius 2 is 1.62 bits per heavy atom. The number of nitrogens with one attached hydrogen (secondary N) is 1. The number of rotatable bonds is 8. The highest BCUT2D eigenvalue weighted by Crippen LogP contribution is 2.39. The van der Waals surface area contributed by atoms with Gasteiger partial charge in [-0.25, -0.2) is 0 Å². The number of fused-ring (bicyclic) bond motifs is 1. The molecule has 0 aliphatic heterocycles. The van der Waals surface area contributed by atoms with Crippen LogP contribution in [-0.2, 0) is 12.7 Å². The third kappa shape index (κ3) is 6.04. The van der Waals surface area contributed by atoms with Crippen LogP contribution in [-0.4, -0.2) is 18.2 Å². The number of alkyl halides is 3. The highest BCUT2D eigenvalue weighted by Gasteiger charge is 2.41. The van der Waals surface area contributed by atoms with Crippen molar-refractivity contribution in [2.24, 2.45) is 11.8 Å². The van der Waals surface area contributed by atoms with E-state index in [1.165, 1.54) is 36.4 Å². The molecule has 1 aromatic heterocycles. The van der Waals surface area contributed by atoms with Crippen LogP contribution in [0.3, 0.4) is 0 Å². The molecule has 0 aliphatic carbocycles. The van der Waals surface area contributed by atoms with Gasteiger partial charge in [0, 0.05) is 16.9 Å². The summed E-state index contributed by atoms with van der Waals surface area (Å²) in [7, 11) is 0. The second-order valence-electron chi connectivity index (χ2n) is 9.21. The van der Waals surface area contributed by atoms with E-state index in [1.54, 1.807) is 0 Å². The zero-order valence-corrected chi connectivity index (χ0v) is 20.2. The van der Waals surface area contributed by atoms with Gasteiger partial charge in [-0.1, -0.05) is 39.3 Å². The van der Waals surface area contributed by atoms with E-state index in [1.807, 2.05) is 27.7 Å². The minimum Gasteiger partial charge on any atom is -0.507 e. The van der Waals surface area contributed by atoms with Gasteiger partial charge in [0.1, 0.15) is 18.0 Å². The molecule has 5 nitrogen and oxygen atoms in total. The highest BCUT2D eigenvalue weighted by molar-refractivity contribution is 6.30. The van der Waals surface area contributed by atoms with Gasteiger partial charge < -0.3 is 19.2 Å². The Balaban J connectivity index is 2.19. The maximum absolute atomic E-state index is 14.0. The lowest BCUT2D eigenvalue weighted by atomic mass is 10.1. The van der Waals surface area contributed by atoms with E-state index >= 15 is 0 Å². The number of aromatic hydroxyl groups is 1. The van der Waals surface area contributed by atoms with Gasteiger partial charge in [0.15, 0.2) is 5.58 Å². The molecule has 3 rings (SSSR count). The van der Waals surface area contributed by atoms with Crippen LogP contribution in [0.1, 0.15) is 39.0 Å². The SMILES string of the molecule is CC(C)C[NH+](Cc1c(O)ccc2c(=O)c(Oc3ccc(Cl)cc3)c(C(F)(F)F)oc12)CC(C)C. The van der Waals surface area contributed by atoms with Gasteiger partial charge >= 0.3 is 6.18 Å². The van der Waals surface area contributed by atoms with Crippen LogP contribution in [0.2, 0.25) is 5.02 Å². The number of ether oxygens (including phenoxy) is 1. The third-order valence-corrected chi connectivity index (χ3v) is 5.46. The van der Waals surface area contributed by atoms with Gasteiger partial charge in [-0.2, -0.15) is 13.2 Å². The molecule has 0 radical (unpaired) electrons. The quantitative estimate of drug-likeness (QED) is 0.420. The van der Waals surface area contributed by atoms with Crippen molar-refractivity contribution in [3.05, 3.63) is 63.0 Å². The first-order chi connectivity index (χ1) is 15.9.